The van der Waals surface area contributed by atoms with E-state index in [0.29, 0.717) is 0 Å². The Labute approximate surface area is 93.6 Å². The number of ether oxygens (including phenoxy) is 1. The molecular weight excluding hydrogens is 210 g/mol. The second-order valence-corrected chi connectivity index (χ2v) is 4.44. The van der Waals surface area contributed by atoms with Gasteiger partial charge in [-0.05, 0) is 20.8 Å². The van der Waals surface area contributed by atoms with Crippen LogP contribution in [-0.4, -0.2) is 32.3 Å². The highest BCUT2D eigenvalue weighted by Crippen LogP contribution is 2.07. The zero-order chi connectivity index (χ0) is 12.3. The van der Waals surface area contributed by atoms with E-state index < -0.39 is 11.6 Å². The Bertz CT molecular complexity index is 404. The molecule has 0 spiro atoms. The average Bonchev–Trinajstić information content (AvgIpc) is 2.48. The maximum absolute atomic E-state index is 11.4. The Morgan fingerprint density at radius 1 is 1.44 bits per heavy atom. The van der Waals surface area contributed by atoms with Crippen LogP contribution in [-0.2, 0) is 16.1 Å². The van der Waals surface area contributed by atoms with Gasteiger partial charge < -0.3 is 4.74 Å². The number of nitrogens with zero attached hydrogens (tertiary/aromatic N) is 3. The summed E-state index contributed by atoms with van der Waals surface area (Å²) in [5, 5.41) is 7.27. The monoisotopic (exact) mass is 225 g/mol. The minimum Gasteiger partial charge on any atom is -0.459 e. The topological polar surface area (TPSA) is 74.1 Å². The summed E-state index contributed by atoms with van der Waals surface area (Å²) in [6, 6.07) is 0. The first-order chi connectivity index (χ1) is 7.28. The molecule has 1 rings (SSSR count). The molecule has 0 aliphatic heterocycles. The lowest BCUT2D eigenvalue weighted by molar-refractivity contribution is -0.155. The fourth-order valence-electron chi connectivity index (χ4n) is 1.04. The summed E-state index contributed by atoms with van der Waals surface area (Å²) in [5.41, 5.74) is -0.287. The summed E-state index contributed by atoms with van der Waals surface area (Å²) in [7, 11) is 0. The third-order valence-electron chi connectivity index (χ3n) is 1.61. The maximum atomic E-state index is 11.4. The van der Waals surface area contributed by atoms with E-state index in [0.717, 1.165) is 0 Å². The van der Waals surface area contributed by atoms with Crippen molar-refractivity contribution in [2.45, 2.75) is 39.8 Å². The van der Waals surface area contributed by atoms with E-state index >= 15 is 0 Å². The molecule has 0 aromatic carbocycles. The molecule has 6 heteroatoms. The van der Waals surface area contributed by atoms with Crippen molar-refractivity contribution in [2.24, 2.45) is 0 Å². The number of hydrogen-bond acceptors (Lipinski definition) is 5. The number of ketones is 1. The van der Waals surface area contributed by atoms with Crippen molar-refractivity contribution in [3.05, 3.63) is 11.9 Å². The van der Waals surface area contributed by atoms with Gasteiger partial charge in [0.2, 0.25) is 0 Å². The highest BCUT2D eigenvalue weighted by molar-refractivity contribution is 5.91. The minimum absolute atomic E-state index is 0.0441. The van der Waals surface area contributed by atoms with Crippen LogP contribution in [0.5, 0.6) is 0 Å². The lowest BCUT2D eigenvalue weighted by atomic mass is 10.2. The van der Waals surface area contributed by atoms with E-state index in [2.05, 4.69) is 10.3 Å². The molecule has 0 aliphatic carbocycles. The summed E-state index contributed by atoms with van der Waals surface area (Å²) in [5.74, 6) is -0.594. The molecule has 0 aliphatic rings. The lowest BCUT2D eigenvalue weighted by Gasteiger charge is -2.19. The zero-order valence-electron chi connectivity index (χ0n) is 9.85. The van der Waals surface area contributed by atoms with Crippen LogP contribution < -0.4 is 0 Å². The minimum atomic E-state index is -0.527. The van der Waals surface area contributed by atoms with Gasteiger partial charge >= 0.3 is 5.97 Å². The van der Waals surface area contributed by atoms with Crippen LogP contribution in [0.1, 0.15) is 38.2 Å². The Morgan fingerprint density at radius 3 is 2.50 bits per heavy atom. The van der Waals surface area contributed by atoms with Gasteiger partial charge in [-0.3, -0.25) is 9.59 Å². The lowest BCUT2D eigenvalue weighted by Crippen LogP contribution is -2.26. The van der Waals surface area contributed by atoms with Gasteiger partial charge in [0.05, 0.1) is 6.20 Å². The first kappa shape index (κ1) is 12.4. The SMILES string of the molecule is CC(=O)c1cn(CC(=O)OC(C)(C)C)nn1. The standard InChI is InChI=1S/C10H15N3O3/c1-7(14)8-5-13(12-11-8)6-9(15)16-10(2,3)4/h5H,6H2,1-4H3. The maximum Gasteiger partial charge on any atom is 0.328 e. The van der Waals surface area contributed by atoms with Crippen LogP contribution in [0.4, 0.5) is 0 Å². The molecule has 6 nitrogen and oxygen atoms in total. The highest BCUT2D eigenvalue weighted by atomic mass is 16.6. The molecule has 16 heavy (non-hydrogen) atoms. The van der Waals surface area contributed by atoms with E-state index in [1.54, 1.807) is 20.8 Å². The molecule has 88 valence electrons. The van der Waals surface area contributed by atoms with Gasteiger partial charge in [0.15, 0.2) is 5.78 Å². The molecule has 0 atom stereocenters. The van der Waals surface area contributed by atoms with Crippen molar-refractivity contribution >= 4 is 11.8 Å². The normalized spacial score (nSPS) is 11.2. The van der Waals surface area contributed by atoms with Crippen LogP contribution >= 0.6 is 0 Å². The van der Waals surface area contributed by atoms with Gasteiger partial charge in [-0.25, -0.2) is 4.68 Å². The van der Waals surface area contributed by atoms with E-state index in [9.17, 15) is 9.59 Å². The average molecular weight is 225 g/mol. The van der Waals surface area contributed by atoms with E-state index in [-0.39, 0.29) is 18.0 Å². The van der Waals surface area contributed by atoms with E-state index in [4.69, 9.17) is 4.74 Å². The second kappa shape index (κ2) is 4.42. The van der Waals surface area contributed by atoms with Gasteiger partial charge in [0.25, 0.3) is 0 Å². The molecular formula is C10H15N3O3. The van der Waals surface area contributed by atoms with Crippen LogP contribution in [0.2, 0.25) is 0 Å². The first-order valence-corrected chi connectivity index (χ1v) is 4.91. The summed E-state index contributed by atoms with van der Waals surface area (Å²) >= 11 is 0. The third-order valence-corrected chi connectivity index (χ3v) is 1.61. The molecule has 1 aromatic heterocycles. The molecule has 0 unspecified atom stereocenters. The summed E-state index contributed by atoms with van der Waals surface area (Å²) < 4.78 is 6.38. The van der Waals surface area contributed by atoms with Crippen molar-refractivity contribution in [3.8, 4) is 0 Å². The van der Waals surface area contributed by atoms with Crippen LogP contribution in [0.3, 0.4) is 0 Å². The van der Waals surface area contributed by atoms with Crippen LogP contribution in [0, 0.1) is 0 Å². The largest absolute Gasteiger partial charge is 0.459 e. The Hall–Kier alpha value is -1.72. The smallest absolute Gasteiger partial charge is 0.328 e. The third kappa shape index (κ3) is 3.80. The fourth-order valence-corrected chi connectivity index (χ4v) is 1.04. The zero-order valence-corrected chi connectivity index (χ0v) is 9.85. The van der Waals surface area contributed by atoms with Gasteiger partial charge in [-0.15, -0.1) is 5.10 Å². The molecule has 0 bridgehead atoms. The van der Waals surface area contributed by atoms with Crippen molar-refractivity contribution in [2.75, 3.05) is 0 Å². The quantitative estimate of drug-likeness (QED) is 0.562. The van der Waals surface area contributed by atoms with Gasteiger partial charge in [-0.1, -0.05) is 5.21 Å². The highest BCUT2D eigenvalue weighted by Gasteiger charge is 2.17. The molecule has 1 heterocycles. The number of aromatic nitrogens is 3. The van der Waals surface area contributed by atoms with Crippen molar-refractivity contribution in [3.63, 3.8) is 0 Å². The van der Waals surface area contributed by atoms with Crippen LogP contribution in [0.25, 0.3) is 0 Å². The van der Waals surface area contributed by atoms with E-state index in [1.165, 1.54) is 17.8 Å². The Morgan fingerprint density at radius 2 is 2.06 bits per heavy atom. The van der Waals surface area contributed by atoms with Crippen molar-refractivity contribution in [1.29, 1.82) is 0 Å². The Balaban J connectivity index is 2.60. The van der Waals surface area contributed by atoms with E-state index in [1.807, 2.05) is 0 Å². The number of carbonyl (C=O) groups is 2. The first-order valence-electron chi connectivity index (χ1n) is 4.91. The van der Waals surface area contributed by atoms with Crippen molar-refractivity contribution in [1.82, 2.24) is 15.0 Å². The van der Waals surface area contributed by atoms with Crippen molar-refractivity contribution < 1.29 is 14.3 Å². The molecule has 0 amide bonds. The van der Waals surface area contributed by atoms with Gasteiger partial charge in [0.1, 0.15) is 17.8 Å². The number of hydrogen-bond donors (Lipinski definition) is 0. The summed E-state index contributed by atoms with van der Waals surface area (Å²) in [6.45, 7) is 6.70. The number of rotatable bonds is 3. The number of esters is 1. The molecule has 0 saturated heterocycles. The predicted octanol–water partition coefficient (Wildman–Crippen LogP) is 0.822. The Kier molecular flexibility index (Phi) is 3.41. The summed E-state index contributed by atoms with van der Waals surface area (Å²) in [6.07, 6.45) is 1.42. The fraction of sp³-hybridized carbons (Fsp3) is 0.600. The molecule has 0 saturated carbocycles. The van der Waals surface area contributed by atoms with Gasteiger partial charge in [-0.2, -0.15) is 0 Å². The number of Topliss-reactive ketones (excluding diaryl/α,β-unsaturated/α-hetero) is 1. The molecule has 0 N–H and O–H groups in total. The van der Waals surface area contributed by atoms with Crippen LogP contribution in [0.15, 0.2) is 6.20 Å². The van der Waals surface area contributed by atoms with Gasteiger partial charge in [0, 0.05) is 6.92 Å². The summed E-state index contributed by atoms with van der Waals surface area (Å²) in [4.78, 5) is 22.4. The second-order valence-electron chi connectivity index (χ2n) is 4.44. The predicted molar refractivity (Wildman–Crippen MR) is 55.9 cm³/mol. The number of carbonyl (C=O) groups excluding carboxylic acids is 2. The molecule has 0 radical (unpaired) electrons. The molecule has 0 fully saturated rings. The molecule has 1 aromatic rings.